The molecule has 0 bridgehead atoms. The zero-order chi connectivity index (χ0) is 15.4. The highest BCUT2D eigenvalue weighted by Gasteiger charge is 2.10. The topological polar surface area (TPSA) is 64.4 Å². The summed E-state index contributed by atoms with van der Waals surface area (Å²) in [6.07, 6.45) is 0. The Morgan fingerprint density at radius 3 is 2.67 bits per heavy atom. The summed E-state index contributed by atoms with van der Waals surface area (Å²) < 4.78 is 5.98. The summed E-state index contributed by atoms with van der Waals surface area (Å²) in [5, 5.41) is 14.0. The second-order valence-corrected chi connectivity index (χ2v) is 5.44. The van der Waals surface area contributed by atoms with Gasteiger partial charge in [-0.15, -0.1) is 0 Å². The minimum Gasteiger partial charge on any atom is -0.496 e. The zero-order valence-electron chi connectivity index (χ0n) is 11.7. The number of nitrogens with zero attached hydrogens (tertiary/aromatic N) is 1. The lowest BCUT2D eigenvalue weighted by Gasteiger charge is -2.12. The first kappa shape index (κ1) is 15.3. The van der Waals surface area contributed by atoms with Gasteiger partial charge < -0.3 is 10.1 Å². The van der Waals surface area contributed by atoms with Gasteiger partial charge in [-0.3, -0.25) is 10.1 Å². The van der Waals surface area contributed by atoms with Crippen molar-refractivity contribution in [2.45, 2.75) is 13.5 Å². The number of ether oxygens (including phenoxy) is 1. The van der Waals surface area contributed by atoms with Crippen LogP contribution < -0.4 is 10.1 Å². The van der Waals surface area contributed by atoms with Crippen molar-refractivity contribution in [3.63, 3.8) is 0 Å². The molecule has 0 spiro atoms. The average molecular weight is 351 g/mol. The van der Waals surface area contributed by atoms with Crippen LogP contribution in [-0.4, -0.2) is 12.0 Å². The van der Waals surface area contributed by atoms with E-state index in [-0.39, 0.29) is 5.69 Å². The molecule has 0 aromatic heterocycles. The molecule has 0 amide bonds. The van der Waals surface area contributed by atoms with E-state index in [1.807, 2.05) is 25.1 Å². The second kappa shape index (κ2) is 6.58. The van der Waals surface area contributed by atoms with E-state index in [0.717, 1.165) is 22.6 Å². The molecule has 2 rings (SSSR count). The van der Waals surface area contributed by atoms with E-state index in [1.165, 1.54) is 12.1 Å². The molecule has 110 valence electrons. The fourth-order valence-electron chi connectivity index (χ4n) is 2.00. The molecule has 21 heavy (non-hydrogen) atoms. The average Bonchev–Trinajstić information content (AvgIpc) is 2.46. The third kappa shape index (κ3) is 3.72. The van der Waals surface area contributed by atoms with Crippen molar-refractivity contribution < 1.29 is 9.66 Å². The molecule has 0 atom stereocenters. The van der Waals surface area contributed by atoms with E-state index in [4.69, 9.17) is 4.74 Å². The van der Waals surface area contributed by atoms with Gasteiger partial charge in [0.25, 0.3) is 5.69 Å². The van der Waals surface area contributed by atoms with Crippen molar-refractivity contribution in [1.82, 2.24) is 0 Å². The van der Waals surface area contributed by atoms with Gasteiger partial charge in [0.1, 0.15) is 5.75 Å². The summed E-state index contributed by atoms with van der Waals surface area (Å²) >= 11 is 3.34. The van der Waals surface area contributed by atoms with Crippen LogP contribution in [0.2, 0.25) is 0 Å². The number of nitro groups is 1. The number of benzene rings is 2. The lowest BCUT2D eigenvalue weighted by molar-refractivity contribution is -0.384. The van der Waals surface area contributed by atoms with Crippen LogP contribution in [0.3, 0.4) is 0 Å². The number of hydrogen-bond acceptors (Lipinski definition) is 4. The molecule has 0 saturated heterocycles. The first-order valence-electron chi connectivity index (χ1n) is 6.32. The molecule has 2 aromatic carbocycles. The summed E-state index contributed by atoms with van der Waals surface area (Å²) in [7, 11) is 1.63. The lowest BCUT2D eigenvalue weighted by Crippen LogP contribution is -2.03. The minimum atomic E-state index is -0.419. The Bertz CT molecular complexity index is 674. The highest BCUT2D eigenvalue weighted by atomic mass is 79.9. The van der Waals surface area contributed by atoms with Crippen LogP contribution >= 0.6 is 15.9 Å². The molecule has 0 heterocycles. The van der Waals surface area contributed by atoms with Crippen LogP contribution in [-0.2, 0) is 6.54 Å². The van der Waals surface area contributed by atoms with E-state index in [2.05, 4.69) is 21.2 Å². The standard InChI is InChI=1S/C15H15BrN2O3/c1-10-3-6-15(21-2)11(7-10)9-17-14-5-4-12(18(19)20)8-13(14)16/h3-8,17H,9H2,1-2H3. The number of nitrogens with one attached hydrogen (secondary N) is 1. The number of methoxy groups -OCH3 is 1. The van der Waals surface area contributed by atoms with Crippen LogP contribution in [0.4, 0.5) is 11.4 Å². The maximum atomic E-state index is 10.7. The van der Waals surface area contributed by atoms with E-state index in [1.54, 1.807) is 13.2 Å². The SMILES string of the molecule is COc1ccc(C)cc1CNc1ccc([N+](=O)[O-])cc1Br. The zero-order valence-corrected chi connectivity index (χ0v) is 13.3. The summed E-state index contributed by atoms with van der Waals surface area (Å²) in [6, 6.07) is 10.6. The number of non-ortho nitro benzene ring substituents is 1. The summed E-state index contributed by atoms with van der Waals surface area (Å²) in [4.78, 5) is 10.3. The van der Waals surface area contributed by atoms with Crippen LogP contribution in [0.25, 0.3) is 0 Å². The van der Waals surface area contributed by atoms with Gasteiger partial charge in [-0.25, -0.2) is 0 Å². The van der Waals surface area contributed by atoms with E-state index < -0.39 is 4.92 Å². The second-order valence-electron chi connectivity index (χ2n) is 4.59. The number of anilines is 1. The number of halogens is 1. The van der Waals surface area contributed by atoms with Crippen LogP contribution in [0.1, 0.15) is 11.1 Å². The van der Waals surface area contributed by atoms with E-state index >= 15 is 0 Å². The van der Waals surface area contributed by atoms with Gasteiger partial charge in [-0.2, -0.15) is 0 Å². The Labute approximate surface area is 131 Å². The number of rotatable bonds is 5. The van der Waals surface area contributed by atoms with E-state index in [0.29, 0.717) is 11.0 Å². The molecule has 1 N–H and O–H groups in total. The molecule has 0 aliphatic carbocycles. The first-order valence-corrected chi connectivity index (χ1v) is 7.12. The maximum Gasteiger partial charge on any atom is 0.270 e. The Morgan fingerprint density at radius 1 is 1.29 bits per heavy atom. The lowest BCUT2D eigenvalue weighted by atomic mass is 10.1. The van der Waals surface area contributed by atoms with Crippen molar-refractivity contribution in [3.05, 3.63) is 62.1 Å². The van der Waals surface area contributed by atoms with Crippen LogP contribution in [0.5, 0.6) is 5.75 Å². The Balaban J connectivity index is 2.17. The molecule has 2 aromatic rings. The highest BCUT2D eigenvalue weighted by Crippen LogP contribution is 2.28. The van der Waals surface area contributed by atoms with Gasteiger partial charge in [0.2, 0.25) is 0 Å². The molecule has 0 unspecified atom stereocenters. The fourth-order valence-corrected chi connectivity index (χ4v) is 2.50. The van der Waals surface area contributed by atoms with Gasteiger partial charge in [0.15, 0.2) is 0 Å². The third-order valence-corrected chi connectivity index (χ3v) is 3.72. The molecule has 5 nitrogen and oxygen atoms in total. The van der Waals surface area contributed by atoms with Gasteiger partial charge in [0.05, 0.1) is 12.0 Å². The van der Waals surface area contributed by atoms with Crippen molar-refractivity contribution in [3.8, 4) is 5.75 Å². The smallest absolute Gasteiger partial charge is 0.270 e. The molecule has 0 saturated carbocycles. The minimum absolute atomic E-state index is 0.0561. The van der Waals surface area contributed by atoms with E-state index in [9.17, 15) is 10.1 Å². The predicted molar refractivity (Wildman–Crippen MR) is 85.9 cm³/mol. The van der Waals surface area contributed by atoms with Crippen molar-refractivity contribution >= 4 is 27.3 Å². The van der Waals surface area contributed by atoms with Gasteiger partial charge in [-0.1, -0.05) is 17.7 Å². The number of nitro benzene ring substituents is 1. The Morgan fingerprint density at radius 2 is 2.05 bits per heavy atom. The number of hydrogen-bond donors (Lipinski definition) is 1. The molecule has 0 aliphatic rings. The Hall–Kier alpha value is -2.08. The quantitative estimate of drug-likeness (QED) is 0.645. The van der Waals surface area contributed by atoms with Crippen LogP contribution in [0.15, 0.2) is 40.9 Å². The molecule has 0 aliphatic heterocycles. The van der Waals surface area contributed by atoms with Crippen molar-refractivity contribution in [2.75, 3.05) is 12.4 Å². The van der Waals surface area contributed by atoms with Crippen LogP contribution in [0, 0.1) is 17.0 Å². The molecule has 0 fully saturated rings. The van der Waals surface area contributed by atoms with Gasteiger partial charge >= 0.3 is 0 Å². The first-order chi connectivity index (χ1) is 10.0. The fraction of sp³-hybridized carbons (Fsp3) is 0.200. The summed E-state index contributed by atoms with van der Waals surface area (Å²) in [5.41, 5.74) is 3.03. The monoisotopic (exact) mass is 350 g/mol. The normalized spacial score (nSPS) is 10.2. The largest absolute Gasteiger partial charge is 0.496 e. The maximum absolute atomic E-state index is 10.7. The molecular formula is C15H15BrN2O3. The Kier molecular flexibility index (Phi) is 4.80. The number of aryl methyl sites for hydroxylation is 1. The highest BCUT2D eigenvalue weighted by molar-refractivity contribution is 9.10. The van der Waals surface area contributed by atoms with Crippen molar-refractivity contribution in [2.24, 2.45) is 0 Å². The summed E-state index contributed by atoms with van der Waals surface area (Å²) in [6.45, 7) is 2.59. The van der Waals surface area contributed by atoms with Crippen molar-refractivity contribution in [1.29, 1.82) is 0 Å². The third-order valence-electron chi connectivity index (χ3n) is 3.07. The summed E-state index contributed by atoms with van der Waals surface area (Å²) in [5.74, 6) is 0.811. The molecule has 6 heteroatoms. The predicted octanol–water partition coefficient (Wildman–Crippen LogP) is 4.29. The van der Waals surface area contributed by atoms with Gasteiger partial charge in [0, 0.05) is 34.4 Å². The van der Waals surface area contributed by atoms with Gasteiger partial charge in [-0.05, 0) is 35.0 Å². The molecular weight excluding hydrogens is 336 g/mol. The molecule has 0 radical (unpaired) electrons.